The van der Waals surface area contributed by atoms with E-state index in [0.29, 0.717) is 13.2 Å². The minimum Gasteiger partial charge on any atom is -0.364 e. The average molecular weight is 470 g/mol. The first-order valence-electron chi connectivity index (χ1n) is 10.3. The second-order valence-corrected chi connectivity index (χ2v) is 9.69. The maximum Gasteiger partial charge on any atom is 0.310 e. The van der Waals surface area contributed by atoms with Crippen molar-refractivity contribution in [3.05, 3.63) is 67.7 Å². The highest BCUT2D eigenvalue weighted by Gasteiger charge is 2.33. The highest BCUT2D eigenvalue weighted by molar-refractivity contribution is 7.16. The zero-order chi connectivity index (χ0) is 22.3. The van der Waals surface area contributed by atoms with Crippen molar-refractivity contribution in [1.29, 1.82) is 0 Å². The molecule has 4 heterocycles. The van der Waals surface area contributed by atoms with E-state index in [1.807, 2.05) is 30.5 Å². The van der Waals surface area contributed by atoms with Gasteiger partial charge in [0.2, 0.25) is 0 Å². The maximum atomic E-state index is 12.2. The lowest BCUT2D eigenvalue weighted by molar-refractivity contribution is -0.149. The molecule has 1 aromatic carbocycles. The largest absolute Gasteiger partial charge is 0.364 e. The Hall–Kier alpha value is -2.43. The zero-order valence-corrected chi connectivity index (χ0v) is 19.7. The number of rotatable bonds is 6. The number of hydrogen-bond acceptors (Lipinski definition) is 8. The predicted molar refractivity (Wildman–Crippen MR) is 125 cm³/mol. The van der Waals surface area contributed by atoms with Gasteiger partial charge in [-0.05, 0) is 36.8 Å². The molecule has 0 bridgehead atoms. The number of benzene rings is 1. The minimum absolute atomic E-state index is 0.0139. The Labute approximate surface area is 193 Å². The number of nitrogens with zero attached hydrogens (tertiary/aromatic N) is 3. The summed E-state index contributed by atoms with van der Waals surface area (Å²) in [5.41, 5.74) is 4.58. The van der Waals surface area contributed by atoms with Crippen molar-refractivity contribution in [3.63, 3.8) is 0 Å². The molecule has 1 aliphatic rings. The van der Waals surface area contributed by atoms with Gasteiger partial charge in [-0.3, -0.25) is 14.3 Å². The van der Waals surface area contributed by atoms with Gasteiger partial charge in [0.15, 0.2) is 5.79 Å². The van der Waals surface area contributed by atoms with Crippen LogP contribution in [0.15, 0.2) is 46.7 Å². The highest BCUT2D eigenvalue weighted by Crippen LogP contribution is 2.34. The minimum atomic E-state index is -0.723. The zero-order valence-electron chi connectivity index (χ0n) is 18.0. The SMILES string of the molecule is COCn1c(=O)sc2cc(C(C)c3nc(-c4ccc(C5(C)OCCO5)cn4)cs3)ccc21. The number of ether oxygens (including phenoxy) is 3. The molecule has 0 amide bonds. The lowest BCUT2D eigenvalue weighted by Crippen LogP contribution is -2.22. The molecule has 166 valence electrons. The summed E-state index contributed by atoms with van der Waals surface area (Å²) in [5.74, 6) is -0.622. The van der Waals surface area contributed by atoms with Crippen LogP contribution in [0.1, 0.15) is 35.9 Å². The topological polar surface area (TPSA) is 75.5 Å². The molecule has 1 unspecified atom stereocenters. The molecule has 5 rings (SSSR count). The number of methoxy groups -OCH3 is 1. The molecule has 0 aliphatic carbocycles. The molecule has 0 spiro atoms. The normalized spacial score (nSPS) is 16.6. The van der Waals surface area contributed by atoms with Crippen molar-refractivity contribution < 1.29 is 14.2 Å². The molecule has 32 heavy (non-hydrogen) atoms. The quantitative estimate of drug-likeness (QED) is 0.412. The summed E-state index contributed by atoms with van der Waals surface area (Å²) in [7, 11) is 1.59. The van der Waals surface area contributed by atoms with Crippen LogP contribution in [-0.2, 0) is 26.7 Å². The summed E-state index contributed by atoms with van der Waals surface area (Å²) in [5, 5.41) is 3.03. The van der Waals surface area contributed by atoms with E-state index in [2.05, 4.69) is 24.0 Å². The molecule has 0 radical (unpaired) electrons. The third-order valence-electron chi connectivity index (χ3n) is 5.73. The van der Waals surface area contributed by atoms with Gasteiger partial charge in [0, 0.05) is 30.2 Å². The second kappa shape index (κ2) is 8.49. The lowest BCUT2D eigenvalue weighted by atomic mass is 10.0. The van der Waals surface area contributed by atoms with E-state index in [4.69, 9.17) is 19.2 Å². The fourth-order valence-corrected chi connectivity index (χ4v) is 5.67. The van der Waals surface area contributed by atoms with Gasteiger partial charge in [0.25, 0.3) is 0 Å². The van der Waals surface area contributed by atoms with E-state index in [1.54, 1.807) is 29.2 Å². The van der Waals surface area contributed by atoms with Crippen LogP contribution in [0.2, 0.25) is 0 Å². The summed E-state index contributed by atoms with van der Waals surface area (Å²) in [6.07, 6.45) is 1.80. The molecule has 1 fully saturated rings. The van der Waals surface area contributed by atoms with Gasteiger partial charge in [-0.25, -0.2) is 4.98 Å². The van der Waals surface area contributed by atoms with E-state index in [1.165, 1.54) is 11.3 Å². The Morgan fingerprint density at radius 3 is 2.75 bits per heavy atom. The summed E-state index contributed by atoms with van der Waals surface area (Å²) >= 11 is 2.85. The van der Waals surface area contributed by atoms with Crippen molar-refractivity contribution in [2.24, 2.45) is 0 Å². The first-order chi connectivity index (χ1) is 15.5. The molecule has 1 atom stereocenters. The lowest BCUT2D eigenvalue weighted by Gasteiger charge is -2.22. The number of fused-ring (bicyclic) bond motifs is 1. The van der Waals surface area contributed by atoms with Crippen LogP contribution in [0.25, 0.3) is 21.6 Å². The number of pyridine rings is 1. The van der Waals surface area contributed by atoms with Crippen molar-refractivity contribution in [3.8, 4) is 11.4 Å². The van der Waals surface area contributed by atoms with Crippen LogP contribution >= 0.6 is 22.7 Å². The Balaban J connectivity index is 1.39. The first kappa shape index (κ1) is 21.4. The van der Waals surface area contributed by atoms with E-state index in [9.17, 15) is 4.79 Å². The van der Waals surface area contributed by atoms with E-state index >= 15 is 0 Å². The first-order valence-corrected chi connectivity index (χ1v) is 12.0. The Morgan fingerprint density at radius 2 is 2.03 bits per heavy atom. The molecule has 1 saturated heterocycles. The van der Waals surface area contributed by atoms with Crippen LogP contribution in [0.3, 0.4) is 0 Å². The Bertz CT molecular complexity index is 1300. The smallest absolute Gasteiger partial charge is 0.310 e. The van der Waals surface area contributed by atoms with Gasteiger partial charge >= 0.3 is 4.87 Å². The third kappa shape index (κ3) is 3.80. The Kier molecular flexibility index (Phi) is 5.68. The molecule has 7 nitrogen and oxygen atoms in total. The van der Waals surface area contributed by atoms with Gasteiger partial charge in [-0.2, -0.15) is 0 Å². The fourth-order valence-electron chi connectivity index (χ4n) is 3.85. The monoisotopic (exact) mass is 469 g/mol. The predicted octanol–water partition coefficient (Wildman–Crippen LogP) is 4.56. The summed E-state index contributed by atoms with van der Waals surface area (Å²) < 4.78 is 19.2. The van der Waals surface area contributed by atoms with Crippen LogP contribution in [0.4, 0.5) is 0 Å². The van der Waals surface area contributed by atoms with Crippen LogP contribution < -0.4 is 4.87 Å². The Morgan fingerprint density at radius 1 is 1.22 bits per heavy atom. The fraction of sp³-hybridized carbons (Fsp3) is 0.348. The summed E-state index contributed by atoms with van der Waals surface area (Å²) in [4.78, 5) is 21.7. The number of hydrogen-bond donors (Lipinski definition) is 0. The van der Waals surface area contributed by atoms with Crippen molar-refractivity contribution in [2.45, 2.75) is 32.3 Å². The van der Waals surface area contributed by atoms with Crippen LogP contribution in [-0.4, -0.2) is 34.9 Å². The molecule has 0 N–H and O–H groups in total. The molecule has 0 saturated carbocycles. The maximum absolute atomic E-state index is 12.2. The number of aromatic nitrogens is 3. The van der Waals surface area contributed by atoms with Gasteiger partial charge in [0.05, 0.1) is 34.8 Å². The molecular weight excluding hydrogens is 446 g/mol. The third-order valence-corrected chi connectivity index (χ3v) is 7.70. The molecule has 4 aromatic rings. The van der Waals surface area contributed by atoms with Gasteiger partial charge in [-0.15, -0.1) is 11.3 Å². The van der Waals surface area contributed by atoms with Crippen molar-refractivity contribution in [1.82, 2.24) is 14.5 Å². The molecule has 3 aromatic heterocycles. The van der Waals surface area contributed by atoms with Crippen LogP contribution in [0.5, 0.6) is 0 Å². The van der Waals surface area contributed by atoms with E-state index < -0.39 is 5.79 Å². The standard InChI is InChI=1S/C23H23N3O4S2/c1-14(15-4-7-19-20(10-15)32-22(27)26(19)13-28-3)21-25-18(12-31-21)17-6-5-16(11-24-17)23(2)29-8-9-30-23/h4-7,10-12,14H,8-9,13H2,1-3H3. The molecule has 9 heteroatoms. The summed E-state index contributed by atoms with van der Waals surface area (Å²) in [6, 6.07) is 10.1. The molecule has 1 aliphatic heterocycles. The number of thiazole rings is 2. The van der Waals surface area contributed by atoms with E-state index in [0.717, 1.165) is 37.7 Å². The van der Waals surface area contributed by atoms with Gasteiger partial charge in [-0.1, -0.05) is 24.3 Å². The summed E-state index contributed by atoms with van der Waals surface area (Å²) in [6.45, 7) is 5.48. The van der Waals surface area contributed by atoms with Crippen LogP contribution in [0, 0.1) is 0 Å². The average Bonchev–Trinajstić information content (AvgIpc) is 3.53. The van der Waals surface area contributed by atoms with Crippen molar-refractivity contribution >= 4 is 32.9 Å². The molecular formula is C23H23N3O4S2. The highest BCUT2D eigenvalue weighted by atomic mass is 32.1. The van der Waals surface area contributed by atoms with E-state index in [-0.39, 0.29) is 17.5 Å². The van der Waals surface area contributed by atoms with Gasteiger partial charge < -0.3 is 14.2 Å². The second-order valence-electron chi connectivity index (χ2n) is 7.81. The van der Waals surface area contributed by atoms with Gasteiger partial charge in [0.1, 0.15) is 11.7 Å². The van der Waals surface area contributed by atoms with Crippen molar-refractivity contribution in [2.75, 3.05) is 20.3 Å².